The number of ether oxygens (including phenoxy) is 2. The number of piperazine rings is 1. The molecular weight excluding hydrogens is 270 g/mol. The zero-order valence-corrected chi connectivity index (χ0v) is 13.6. The molecule has 2 heterocycles. The van der Waals surface area contributed by atoms with Gasteiger partial charge < -0.3 is 19.7 Å². The fraction of sp³-hybridized carbons (Fsp3) is 0.933. The number of nitrogens with one attached hydrogen (secondary N) is 1. The van der Waals surface area contributed by atoms with E-state index in [0.717, 1.165) is 58.9 Å². The molecule has 6 nitrogen and oxygen atoms in total. The molecule has 2 rings (SSSR count). The van der Waals surface area contributed by atoms with E-state index in [-0.39, 0.29) is 6.09 Å². The van der Waals surface area contributed by atoms with Crippen LogP contribution in [0.2, 0.25) is 0 Å². The van der Waals surface area contributed by atoms with Gasteiger partial charge in [-0.3, -0.25) is 4.90 Å². The third-order valence-corrected chi connectivity index (χ3v) is 3.81. The maximum absolute atomic E-state index is 12.0. The molecule has 122 valence electrons. The summed E-state index contributed by atoms with van der Waals surface area (Å²) in [6.45, 7) is 12.8. The first kappa shape index (κ1) is 16.5. The number of hydrogen-bond donors (Lipinski definition) is 1. The van der Waals surface area contributed by atoms with Crippen LogP contribution in [0.4, 0.5) is 4.79 Å². The van der Waals surface area contributed by atoms with E-state index in [9.17, 15) is 4.79 Å². The summed E-state index contributed by atoms with van der Waals surface area (Å²) in [5.74, 6) is 0. The minimum atomic E-state index is -0.415. The molecule has 1 N–H and O–H groups in total. The first-order chi connectivity index (χ1) is 9.94. The van der Waals surface area contributed by atoms with Gasteiger partial charge in [0.25, 0.3) is 0 Å². The summed E-state index contributed by atoms with van der Waals surface area (Å²) in [6.07, 6.45) is 0.926. The van der Waals surface area contributed by atoms with Gasteiger partial charge >= 0.3 is 6.09 Å². The van der Waals surface area contributed by atoms with Crippen molar-refractivity contribution in [1.29, 1.82) is 0 Å². The molecule has 0 aromatic heterocycles. The van der Waals surface area contributed by atoms with E-state index in [2.05, 4.69) is 10.2 Å². The molecule has 6 heteroatoms. The Morgan fingerprint density at radius 2 is 2.00 bits per heavy atom. The van der Waals surface area contributed by atoms with Crippen molar-refractivity contribution in [3.63, 3.8) is 0 Å². The van der Waals surface area contributed by atoms with Crippen molar-refractivity contribution in [2.24, 2.45) is 0 Å². The molecule has 2 saturated heterocycles. The third kappa shape index (κ3) is 5.80. The number of hydrogen-bond acceptors (Lipinski definition) is 5. The highest BCUT2D eigenvalue weighted by atomic mass is 16.6. The van der Waals surface area contributed by atoms with Gasteiger partial charge in [-0.2, -0.15) is 0 Å². The summed E-state index contributed by atoms with van der Waals surface area (Å²) >= 11 is 0. The molecular formula is C15H29N3O3. The van der Waals surface area contributed by atoms with Crippen molar-refractivity contribution in [2.45, 2.75) is 38.8 Å². The van der Waals surface area contributed by atoms with Crippen molar-refractivity contribution in [3.8, 4) is 0 Å². The highest BCUT2D eigenvalue weighted by molar-refractivity contribution is 5.68. The number of rotatable bonds is 4. The molecule has 1 atom stereocenters. The molecule has 0 bridgehead atoms. The first-order valence-electron chi connectivity index (χ1n) is 7.95. The summed E-state index contributed by atoms with van der Waals surface area (Å²) in [4.78, 5) is 16.2. The van der Waals surface area contributed by atoms with Crippen LogP contribution in [0.15, 0.2) is 0 Å². The van der Waals surface area contributed by atoms with Crippen LogP contribution >= 0.6 is 0 Å². The van der Waals surface area contributed by atoms with Crippen LogP contribution in [0.5, 0.6) is 0 Å². The predicted molar refractivity (Wildman–Crippen MR) is 81.5 cm³/mol. The largest absolute Gasteiger partial charge is 0.444 e. The van der Waals surface area contributed by atoms with Crippen molar-refractivity contribution in [1.82, 2.24) is 15.1 Å². The van der Waals surface area contributed by atoms with E-state index in [1.54, 1.807) is 4.90 Å². The van der Waals surface area contributed by atoms with Gasteiger partial charge in [0.15, 0.2) is 0 Å². The van der Waals surface area contributed by atoms with Gasteiger partial charge in [-0.1, -0.05) is 0 Å². The topological polar surface area (TPSA) is 54.0 Å². The third-order valence-electron chi connectivity index (χ3n) is 3.81. The maximum atomic E-state index is 12.0. The van der Waals surface area contributed by atoms with E-state index in [1.807, 2.05) is 20.8 Å². The standard InChI is InChI=1S/C15H29N3O3/c1-15(2,3)21-14(19)18-9-7-17(8-10-18)6-5-16-13-4-11-20-12-13/h13,16H,4-12H2,1-3H3. The number of nitrogens with zero attached hydrogens (tertiary/aromatic N) is 2. The fourth-order valence-electron chi connectivity index (χ4n) is 2.60. The monoisotopic (exact) mass is 299 g/mol. The molecule has 2 fully saturated rings. The van der Waals surface area contributed by atoms with Gasteiger partial charge in [-0.15, -0.1) is 0 Å². The second-order valence-electron chi connectivity index (χ2n) is 6.82. The summed E-state index contributed by atoms with van der Waals surface area (Å²) in [6, 6.07) is 0.521. The molecule has 2 aliphatic heterocycles. The Hall–Kier alpha value is -0.850. The Kier molecular flexibility index (Phi) is 5.84. The average molecular weight is 299 g/mol. The Morgan fingerprint density at radius 3 is 2.57 bits per heavy atom. The number of carbonyl (C=O) groups is 1. The van der Waals surface area contributed by atoms with E-state index >= 15 is 0 Å². The van der Waals surface area contributed by atoms with Gasteiger partial charge in [-0.25, -0.2) is 4.79 Å². The number of carbonyl (C=O) groups excluding carboxylic acids is 1. The van der Waals surface area contributed by atoms with Crippen LogP contribution in [-0.2, 0) is 9.47 Å². The van der Waals surface area contributed by atoms with Gasteiger partial charge in [0.2, 0.25) is 0 Å². The van der Waals surface area contributed by atoms with Crippen molar-refractivity contribution < 1.29 is 14.3 Å². The highest BCUT2D eigenvalue weighted by Gasteiger charge is 2.25. The van der Waals surface area contributed by atoms with E-state index in [0.29, 0.717) is 6.04 Å². The Labute approximate surface area is 127 Å². The fourth-order valence-corrected chi connectivity index (χ4v) is 2.60. The molecule has 2 aliphatic rings. The zero-order valence-electron chi connectivity index (χ0n) is 13.6. The second-order valence-corrected chi connectivity index (χ2v) is 6.82. The Bertz CT molecular complexity index is 330. The van der Waals surface area contributed by atoms with E-state index in [1.165, 1.54) is 0 Å². The van der Waals surface area contributed by atoms with Crippen molar-refractivity contribution >= 4 is 6.09 Å². The summed E-state index contributed by atoms with van der Waals surface area (Å²) in [5.41, 5.74) is -0.415. The van der Waals surface area contributed by atoms with Crippen molar-refractivity contribution in [2.75, 3.05) is 52.5 Å². The zero-order chi connectivity index (χ0) is 15.3. The van der Waals surface area contributed by atoms with E-state index in [4.69, 9.17) is 9.47 Å². The van der Waals surface area contributed by atoms with Crippen LogP contribution < -0.4 is 5.32 Å². The highest BCUT2D eigenvalue weighted by Crippen LogP contribution is 2.11. The minimum Gasteiger partial charge on any atom is -0.444 e. The van der Waals surface area contributed by atoms with Gasteiger partial charge in [0.1, 0.15) is 5.60 Å². The SMILES string of the molecule is CC(C)(C)OC(=O)N1CCN(CCNC2CCOC2)CC1. The maximum Gasteiger partial charge on any atom is 0.410 e. The Balaban J connectivity index is 1.60. The lowest BCUT2D eigenvalue weighted by Crippen LogP contribution is -2.51. The molecule has 0 aromatic carbocycles. The van der Waals surface area contributed by atoms with Gasteiger partial charge in [-0.05, 0) is 27.2 Å². The summed E-state index contributed by atoms with van der Waals surface area (Å²) in [5, 5.41) is 3.52. The van der Waals surface area contributed by atoms with Crippen LogP contribution in [-0.4, -0.2) is 80.0 Å². The number of amides is 1. The van der Waals surface area contributed by atoms with Crippen LogP contribution in [0.1, 0.15) is 27.2 Å². The first-order valence-corrected chi connectivity index (χ1v) is 7.95. The summed E-state index contributed by atoms with van der Waals surface area (Å²) < 4.78 is 10.7. The second kappa shape index (κ2) is 7.42. The van der Waals surface area contributed by atoms with Gasteiger partial charge in [0.05, 0.1) is 6.61 Å². The van der Waals surface area contributed by atoms with E-state index < -0.39 is 5.60 Å². The smallest absolute Gasteiger partial charge is 0.410 e. The van der Waals surface area contributed by atoms with Gasteiger partial charge in [0, 0.05) is 51.9 Å². The molecule has 0 saturated carbocycles. The predicted octanol–water partition coefficient (Wildman–Crippen LogP) is 0.918. The normalized spacial score (nSPS) is 24.3. The quantitative estimate of drug-likeness (QED) is 0.836. The molecule has 0 aliphatic carbocycles. The summed E-state index contributed by atoms with van der Waals surface area (Å²) in [7, 11) is 0. The molecule has 0 aromatic rings. The Morgan fingerprint density at radius 1 is 1.29 bits per heavy atom. The lowest BCUT2D eigenvalue weighted by Gasteiger charge is -2.35. The molecule has 21 heavy (non-hydrogen) atoms. The van der Waals surface area contributed by atoms with Crippen LogP contribution in [0.3, 0.4) is 0 Å². The van der Waals surface area contributed by atoms with Crippen LogP contribution in [0.25, 0.3) is 0 Å². The van der Waals surface area contributed by atoms with Crippen molar-refractivity contribution in [3.05, 3.63) is 0 Å². The molecule has 1 amide bonds. The van der Waals surface area contributed by atoms with Crippen LogP contribution in [0, 0.1) is 0 Å². The molecule has 1 unspecified atom stereocenters. The lowest BCUT2D eigenvalue weighted by atomic mass is 10.2. The average Bonchev–Trinajstić information content (AvgIpc) is 2.91. The minimum absolute atomic E-state index is 0.191. The lowest BCUT2D eigenvalue weighted by molar-refractivity contribution is 0.0146. The molecule has 0 radical (unpaired) electrons. The molecule has 0 spiro atoms.